The second-order valence-electron chi connectivity index (χ2n) is 7.83. The minimum atomic E-state index is -0.262. The molecule has 0 aliphatic heterocycles. The molecule has 0 spiro atoms. The van der Waals surface area contributed by atoms with Crippen LogP contribution in [0, 0.1) is 31.0 Å². The largest absolute Gasteiger partial charge is 0.341 e. The summed E-state index contributed by atoms with van der Waals surface area (Å²) in [5.74, 6) is 0.674. The molecule has 0 radical (unpaired) electrons. The third-order valence-electron chi connectivity index (χ3n) is 5.99. The lowest BCUT2D eigenvalue weighted by Crippen LogP contribution is -2.13. The van der Waals surface area contributed by atoms with Crippen LogP contribution in [0.15, 0.2) is 36.4 Å². The van der Waals surface area contributed by atoms with Gasteiger partial charge in [-0.15, -0.1) is 0 Å². The molecule has 5 rings (SSSR count). The molecule has 144 valence electrons. The summed E-state index contributed by atoms with van der Waals surface area (Å²) < 4.78 is 15.5. The summed E-state index contributed by atoms with van der Waals surface area (Å²) in [5.41, 5.74) is 8.68. The van der Waals surface area contributed by atoms with Crippen LogP contribution in [-0.4, -0.2) is 9.38 Å². The Bertz CT molecular complexity index is 1310. The Hall–Kier alpha value is -3.39. The first-order chi connectivity index (χ1) is 14.1. The van der Waals surface area contributed by atoms with Crippen LogP contribution in [0.1, 0.15) is 40.7 Å². The van der Waals surface area contributed by atoms with Crippen molar-refractivity contribution in [2.24, 2.45) is 0 Å². The van der Waals surface area contributed by atoms with Crippen molar-refractivity contribution in [3.63, 3.8) is 0 Å². The Morgan fingerprint density at radius 3 is 2.45 bits per heavy atom. The van der Waals surface area contributed by atoms with E-state index in [4.69, 9.17) is 4.98 Å². The minimum Gasteiger partial charge on any atom is -0.341 e. The van der Waals surface area contributed by atoms with E-state index in [1.807, 2.05) is 0 Å². The number of nitrogens with zero attached hydrogens (tertiary/aromatic N) is 3. The fourth-order valence-electron chi connectivity index (χ4n) is 4.36. The van der Waals surface area contributed by atoms with Gasteiger partial charge < -0.3 is 5.32 Å². The van der Waals surface area contributed by atoms with E-state index in [1.54, 1.807) is 12.1 Å². The van der Waals surface area contributed by atoms with Crippen LogP contribution < -0.4 is 5.32 Å². The van der Waals surface area contributed by atoms with Crippen LogP contribution in [0.4, 0.5) is 15.9 Å². The molecule has 0 atom stereocenters. The quantitative estimate of drug-likeness (QED) is 0.480. The average Bonchev–Trinajstić information content (AvgIpc) is 3.07. The van der Waals surface area contributed by atoms with Crippen molar-refractivity contribution in [3.05, 3.63) is 70.0 Å². The molecule has 2 aromatic carbocycles. The van der Waals surface area contributed by atoms with E-state index in [2.05, 4.69) is 41.8 Å². The first kappa shape index (κ1) is 17.7. The van der Waals surface area contributed by atoms with Crippen molar-refractivity contribution in [2.75, 3.05) is 5.32 Å². The highest BCUT2D eigenvalue weighted by Crippen LogP contribution is 2.37. The predicted molar refractivity (Wildman–Crippen MR) is 113 cm³/mol. The molecule has 0 bridgehead atoms. The normalized spacial score (nSPS) is 13.4. The minimum absolute atomic E-state index is 0.262. The zero-order valence-corrected chi connectivity index (χ0v) is 16.5. The van der Waals surface area contributed by atoms with Gasteiger partial charge in [0.2, 0.25) is 0 Å². The lowest BCUT2D eigenvalue weighted by Gasteiger charge is -2.23. The first-order valence-corrected chi connectivity index (χ1v) is 9.96. The zero-order chi connectivity index (χ0) is 20.1. The number of hydrogen-bond acceptors (Lipinski definition) is 3. The number of hydrogen-bond donors (Lipinski definition) is 1. The maximum atomic E-state index is 13.4. The number of aromatic nitrogens is 2. The summed E-state index contributed by atoms with van der Waals surface area (Å²) in [4.78, 5) is 4.85. The predicted octanol–water partition coefficient (Wildman–Crippen LogP) is 5.74. The number of halogens is 1. The number of aryl methyl sites for hydroxylation is 2. The van der Waals surface area contributed by atoms with E-state index in [0.717, 1.165) is 53.8 Å². The van der Waals surface area contributed by atoms with Gasteiger partial charge >= 0.3 is 0 Å². The van der Waals surface area contributed by atoms with Crippen LogP contribution in [0.25, 0.3) is 16.7 Å². The summed E-state index contributed by atoms with van der Waals surface area (Å²) >= 11 is 0. The molecule has 4 nitrogen and oxygen atoms in total. The van der Waals surface area contributed by atoms with Gasteiger partial charge in [0.25, 0.3) is 0 Å². The van der Waals surface area contributed by atoms with E-state index in [1.165, 1.54) is 28.8 Å². The van der Waals surface area contributed by atoms with Crippen LogP contribution in [0.3, 0.4) is 0 Å². The number of fused-ring (bicyclic) bond motifs is 4. The topological polar surface area (TPSA) is 53.1 Å². The molecule has 2 heterocycles. The van der Waals surface area contributed by atoms with E-state index >= 15 is 0 Å². The van der Waals surface area contributed by atoms with Gasteiger partial charge in [0.15, 0.2) is 5.65 Å². The monoisotopic (exact) mass is 384 g/mol. The Kier molecular flexibility index (Phi) is 4.02. The number of pyridine rings is 1. The number of nitrogens with one attached hydrogen (secondary N) is 1. The Morgan fingerprint density at radius 1 is 1.03 bits per heavy atom. The molecule has 0 fully saturated rings. The third kappa shape index (κ3) is 2.75. The molecule has 1 N–H and O–H groups in total. The molecule has 1 aliphatic rings. The summed E-state index contributed by atoms with van der Waals surface area (Å²) in [6.07, 6.45) is 3.96. The van der Waals surface area contributed by atoms with Gasteiger partial charge in [-0.2, -0.15) is 5.26 Å². The molecule has 1 aliphatic carbocycles. The van der Waals surface area contributed by atoms with Crippen LogP contribution in [0.2, 0.25) is 0 Å². The van der Waals surface area contributed by atoms with Crippen LogP contribution >= 0.6 is 0 Å². The van der Waals surface area contributed by atoms with Gasteiger partial charge in [-0.1, -0.05) is 0 Å². The molecular formula is C24H21FN4. The van der Waals surface area contributed by atoms with Crippen LogP contribution in [0.5, 0.6) is 0 Å². The summed E-state index contributed by atoms with van der Waals surface area (Å²) in [7, 11) is 0. The number of anilines is 2. The van der Waals surface area contributed by atoms with E-state index in [0.29, 0.717) is 11.2 Å². The first-order valence-electron chi connectivity index (χ1n) is 9.96. The smallest absolute Gasteiger partial charge is 0.157 e. The van der Waals surface area contributed by atoms with Gasteiger partial charge in [0.1, 0.15) is 17.7 Å². The van der Waals surface area contributed by atoms with E-state index < -0.39 is 0 Å². The highest BCUT2D eigenvalue weighted by Gasteiger charge is 2.25. The third-order valence-corrected chi connectivity index (χ3v) is 5.99. The molecule has 2 aromatic heterocycles. The van der Waals surface area contributed by atoms with Crippen molar-refractivity contribution >= 4 is 28.2 Å². The second-order valence-corrected chi connectivity index (χ2v) is 7.83. The highest BCUT2D eigenvalue weighted by atomic mass is 19.1. The summed E-state index contributed by atoms with van der Waals surface area (Å²) in [5, 5.41) is 13.5. The van der Waals surface area contributed by atoms with Crippen molar-refractivity contribution in [1.29, 1.82) is 5.26 Å². The standard InChI is InChI=1S/C24H21FN4/c1-14-11-21-22(12-15(14)2)29-23(27-17-9-7-16(25)8-10-17)19-6-4-3-5-18(19)20(13-26)24(29)28-21/h7-12,27H,3-6H2,1-2H3. The highest BCUT2D eigenvalue weighted by molar-refractivity contribution is 5.88. The number of rotatable bonds is 2. The van der Waals surface area contributed by atoms with E-state index in [9.17, 15) is 9.65 Å². The molecule has 5 heteroatoms. The lowest BCUT2D eigenvalue weighted by atomic mass is 9.89. The van der Waals surface area contributed by atoms with Gasteiger partial charge in [-0.25, -0.2) is 9.37 Å². The van der Waals surface area contributed by atoms with Gasteiger partial charge in [-0.3, -0.25) is 4.40 Å². The number of imidazole rings is 1. The van der Waals surface area contributed by atoms with Crippen molar-refractivity contribution in [3.8, 4) is 6.07 Å². The number of benzene rings is 2. The van der Waals surface area contributed by atoms with E-state index in [-0.39, 0.29) is 5.82 Å². The second kappa shape index (κ2) is 6.59. The Labute approximate surface area is 168 Å². The molecule has 29 heavy (non-hydrogen) atoms. The Balaban J connectivity index is 1.89. The molecular weight excluding hydrogens is 363 g/mol. The van der Waals surface area contributed by atoms with Crippen molar-refractivity contribution < 1.29 is 4.39 Å². The maximum Gasteiger partial charge on any atom is 0.157 e. The Morgan fingerprint density at radius 2 is 1.72 bits per heavy atom. The number of nitriles is 1. The summed E-state index contributed by atoms with van der Waals surface area (Å²) in [6.45, 7) is 4.16. The van der Waals surface area contributed by atoms with Gasteiger partial charge in [0.05, 0.1) is 16.6 Å². The van der Waals surface area contributed by atoms with Gasteiger partial charge in [0, 0.05) is 5.69 Å². The van der Waals surface area contributed by atoms with Crippen molar-refractivity contribution in [1.82, 2.24) is 9.38 Å². The van der Waals surface area contributed by atoms with Gasteiger partial charge in [-0.05, 0) is 98.2 Å². The fraction of sp³-hybridized carbons (Fsp3) is 0.250. The average molecular weight is 384 g/mol. The molecule has 0 unspecified atom stereocenters. The molecule has 0 amide bonds. The SMILES string of the molecule is Cc1cc2nc3c(C#N)c4c(c(Nc5ccc(F)cc5)n3c2cc1C)CCCC4. The maximum absolute atomic E-state index is 13.4. The molecule has 0 saturated carbocycles. The van der Waals surface area contributed by atoms with Crippen LogP contribution in [-0.2, 0) is 12.8 Å². The molecule has 0 saturated heterocycles. The van der Waals surface area contributed by atoms with Crippen molar-refractivity contribution in [2.45, 2.75) is 39.5 Å². The summed E-state index contributed by atoms with van der Waals surface area (Å²) in [6, 6.07) is 13.0. The lowest BCUT2D eigenvalue weighted by molar-refractivity contribution is 0.628. The zero-order valence-electron chi connectivity index (χ0n) is 16.5. The molecule has 4 aromatic rings. The fourth-order valence-corrected chi connectivity index (χ4v) is 4.36.